The van der Waals surface area contributed by atoms with Crippen LogP contribution in [0.3, 0.4) is 0 Å². The van der Waals surface area contributed by atoms with Gasteiger partial charge in [-0.25, -0.2) is 4.98 Å². The van der Waals surface area contributed by atoms with E-state index in [1.165, 1.54) is 4.88 Å². The number of aryl methyl sites for hydroxylation is 2. The molecular weight excluding hydrogens is 324 g/mol. The molecule has 1 atom stereocenters. The van der Waals surface area contributed by atoms with Crippen molar-refractivity contribution >= 4 is 27.3 Å². The van der Waals surface area contributed by atoms with E-state index in [-0.39, 0.29) is 11.8 Å². The second-order valence-corrected chi connectivity index (χ2v) is 6.66. The molecule has 1 heterocycles. The summed E-state index contributed by atoms with van der Waals surface area (Å²) < 4.78 is 0.726. The Morgan fingerprint density at radius 1 is 1.42 bits per heavy atom. The minimum atomic E-state index is 0.269. The van der Waals surface area contributed by atoms with Crippen molar-refractivity contribution in [3.8, 4) is 5.75 Å². The first-order chi connectivity index (χ1) is 8.97. The lowest BCUT2D eigenvalue weighted by molar-refractivity contribution is 0.471. The standard InChI is InChI=1S/C14H17BrN2OS/c1-8(14-9(2)17-10(3)19-14)16-7-11-4-5-13(18)12(15)6-11/h4-6,8,16,18H,7H2,1-3H3. The number of thiazole rings is 1. The van der Waals surface area contributed by atoms with E-state index in [0.717, 1.165) is 27.3 Å². The first kappa shape index (κ1) is 14.5. The summed E-state index contributed by atoms with van der Waals surface area (Å²) in [5, 5.41) is 14.1. The number of aromatic hydroxyl groups is 1. The van der Waals surface area contributed by atoms with Crippen LogP contribution in [0.4, 0.5) is 0 Å². The summed E-state index contributed by atoms with van der Waals surface area (Å²) in [7, 11) is 0. The molecule has 0 aliphatic carbocycles. The topological polar surface area (TPSA) is 45.2 Å². The molecule has 102 valence electrons. The lowest BCUT2D eigenvalue weighted by Crippen LogP contribution is -2.17. The molecule has 2 aromatic rings. The Bertz CT molecular complexity index is 583. The number of phenolic OH excluding ortho intramolecular Hbond substituents is 1. The van der Waals surface area contributed by atoms with Gasteiger partial charge in [-0.2, -0.15) is 0 Å². The lowest BCUT2D eigenvalue weighted by Gasteiger charge is -2.13. The second kappa shape index (κ2) is 6.03. The normalized spacial score (nSPS) is 12.6. The van der Waals surface area contributed by atoms with Crippen molar-refractivity contribution in [1.29, 1.82) is 0 Å². The van der Waals surface area contributed by atoms with E-state index < -0.39 is 0 Å². The predicted molar refractivity (Wildman–Crippen MR) is 82.6 cm³/mol. The third-order valence-corrected chi connectivity index (χ3v) is 4.85. The number of rotatable bonds is 4. The highest BCUT2D eigenvalue weighted by atomic mass is 79.9. The van der Waals surface area contributed by atoms with Crippen molar-refractivity contribution in [3.05, 3.63) is 43.8 Å². The van der Waals surface area contributed by atoms with Gasteiger partial charge in [-0.15, -0.1) is 11.3 Å². The fourth-order valence-corrected chi connectivity index (χ4v) is 3.35. The van der Waals surface area contributed by atoms with Crippen LogP contribution in [0, 0.1) is 13.8 Å². The highest BCUT2D eigenvalue weighted by molar-refractivity contribution is 9.10. The van der Waals surface area contributed by atoms with Gasteiger partial charge in [0.25, 0.3) is 0 Å². The van der Waals surface area contributed by atoms with Crippen molar-refractivity contribution in [1.82, 2.24) is 10.3 Å². The molecule has 2 rings (SSSR count). The molecule has 1 aromatic heterocycles. The van der Waals surface area contributed by atoms with E-state index in [0.29, 0.717) is 0 Å². The lowest BCUT2D eigenvalue weighted by atomic mass is 10.2. The predicted octanol–water partition coefficient (Wildman–Crippen LogP) is 4.08. The number of benzene rings is 1. The minimum absolute atomic E-state index is 0.269. The molecule has 2 N–H and O–H groups in total. The Hall–Kier alpha value is -0.910. The molecule has 0 amide bonds. The van der Waals surface area contributed by atoms with Crippen molar-refractivity contribution < 1.29 is 5.11 Å². The SMILES string of the molecule is Cc1nc(C)c(C(C)NCc2ccc(O)c(Br)c2)s1. The highest BCUT2D eigenvalue weighted by Gasteiger charge is 2.12. The summed E-state index contributed by atoms with van der Waals surface area (Å²) in [6.45, 7) is 6.99. The minimum Gasteiger partial charge on any atom is -0.507 e. The smallest absolute Gasteiger partial charge is 0.129 e. The average molecular weight is 341 g/mol. The van der Waals surface area contributed by atoms with Gasteiger partial charge in [-0.3, -0.25) is 0 Å². The molecule has 0 aliphatic heterocycles. The number of nitrogens with zero attached hydrogens (tertiary/aromatic N) is 1. The van der Waals surface area contributed by atoms with E-state index in [2.05, 4.69) is 33.2 Å². The molecule has 1 aromatic carbocycles. The number of aromatic nitrogens is 1. The van der Waals surface area contributed by atoms with E-state index in [1.54, 1.807) is 17.4 Å². The maximum Gasteiger partial charge on any atom is 0.129 e. The fourth-order valence-electron chi connectivity index (χ4n) is 1.97. The van der Waals surface area contributed by atoms with Crippen LogP contribution in [0.2, 0.25) is 0 Å². The molecule has 0 bridgehead atoms. The molecule has 0 saturated heterocycles. The molecule has 3 nitrogen and oxygen atoms in total. The number of hydrogen-bond acceptors (Lipinski definition) is 4. The summed E-state index contributed by atoms with van der Waals surface area (Å²) in [6, 6.07) is 5.83. The Labute approximate surface area is 125 Å². The Kier molecular flexibility index (Phi) is 4.60. The van der Waals surface area contributed by atoms with Gasteiger partial charge >= 0.3 is 0 Å². The molecule has 5 heteroatoms. The van der Waals surface area contributed by atoms with Crippen LogP contribution in [-0.4, -0.2) is 10.1 Å². The van der Waals surface area contributed by atoms with Crippen LogP contribution in [0.25, 0.3) is 0 Å². The summed E-state index contributed by atoms with van der Waals surface area (Å²) >= 11 is 5.07. The van der Waals surface area contributed by atoms with Crippen LogP contribution >= 0.6 is 27.3 Å². The number of halogens is 1. The van der Waals surface area contributed by atoms with Gasteiger partial charge in [0.1, 0.15) is 5.75 Å². The van der Waals surface area contributed by atoms with Gasteiger partial charge in [-0.05, 0) is 54.4 Å². The highest BCUT2D eigenvalue weighted by Crippen LogP contribution is 2.26. The summed E-state index contributed by atoms with van der Waals surface area (Å²) in [5.74, 6) is 0.269. The Morgan fingerprint density at radius 2 is 2.16 bits per heavy atom. The zero-order valence-corrected chi connectivity index (χ0v) is 13.6. The largest absolute Gasteiger partial charge is 0.507 e. The third kappa shape index (κ3) is 3.55. The van der Waals surface area contributed by atoms with E-state index in [1.807, 2.05) is 26.0 Å². The van der Waals surface area contributed by atoms with Crippen molar-refractivity contribution in [2.45, 2.75) is 33.4 Å². The zero-order chi connectivity index (χ0) is 14.0. The molecular formula is C14H17BrN2OS. The molecule has 0 radical (unpaired) electrons. The molecule has 0 aliphatic rings. The fraction of sp³-hybridized carbons (Fsp3) is 0.357. The van der Waals surface area contributed by atoms with Crippen LogP contribution < -0.4 is 5.32 Å². The summed E-state index contributed by atoms with van der Waals surface area (Å²) in [5.41, 5.74) is 2.24. The van der Waals surface area contributed by atoms with E-state index >= 15 is 0 Å². The third-order valence-electron chi connectivity index (χ3n) is 2.96. The summed E-state index contributed by atoms with van der Waals surface area (Å²) in [6.07, 6.45) is 0. The number of phenols is 1. The van der Waals surface area contributed by atoms with Gasteiger partial charge in [0.05, 0.1) is 15.2 Å². The number of nitrogens with one attached hydrogen (secondary N) is 1. The van der Waals surface area contributed by atoms with Gasteiger partial charge in [-0.1, -0.05) is 6.07 Å². The van der Waals surface area contributed by atoms with Crippen molar-refractivity contribution in [3.63, 3.8) is 0 Å². The van der Waals surface area contributed by atoms with E-state index in [9.17, 15) is 5.11 Å². The van der Waals surface area contributed by atoms with Gasteiger partial charge in [0.2, 0.25) is 0 Å². The molecule has 0 saturated carbocycles. The van der Waals surface area contributed by atoms with E-state index in [4.69, 9.17) is 0 Å². The second-order valence-electron chi connectivity index (χ2n) is 4.57. The van der Waals surface area contributed by atoms with Gasteiger partial charge < -0.3 is 10.4 Å². The quantitative estimate of drug-likeness (QED) is 0.881. The van der Waals surface area contributed by atoms with Crippen LogP contribution in [0.5, 0.6) is 5.75 Å². The van der Waals surface area contributed by atoms with Crippen LogP contribution in [-0.2, 0) is 6.54 Å². The first-order valence-electron chi connectivity index (χ1n) is 6.12. The maximum atomic E-state index is 9.46. The van der Waals surface area contributed by atoms with Crippen LogP contribution in [0.15, 0.2) is 22.7 Å². The van der Waals surface area contributed by atoms with Crippen LogP contribution in [0.1, 0.15) is 34.1 Å². The summed E-state index contributed by atoms with van der Waals surface area (Å²) in [4.78, 5) is 5.74. The average Bonchev–Trinajstić information content (AvgIpc) is 2.70. The van der Waals surface area contributed by atoms with Crippen molar-refractivity contribution in [2.75, 3.05) is 0 Å². The molecule has 19 heavy (non-hydrogen) atoms. The zero-order valence-electron chi connectivity index (χ0n) is 11.2. The Balaban J connectivity index is 2.02. The maximum absolute atomic E-state index is 9.46. The molecule has 0 fully saturated rings. The number of hydrogen-bond donors (Lipinski definition) is 2. The molecule has 0 spiro atoms. The first-order valence-corrected chi connectivity index (χ1v) is 7.73. The monoisotopic (exact) mass is 340 g/mol. The Morgan fingerprint density at radius 3 is 2.74 bits per heavy atom. The molecule has 1 unspecified atom stereocenters. The van der Waals surface area contributed by atoms with Gasteiger partial charge in [0.15, 0.2) is 0 Å². The van der Waals surface area contributed by atoms with Crippen molar-refractivity contribution in [2.24, 2.45) is 0 Å². The van der Waals surface area contributed by atoms with Gasteiger partial charge in [0, 0.05) is 17.5 Å².